The van der Waals surface area contributed by atoms with E-state index in [2.05, 4.69) is 5.32 Å². The summed E-state index contributed by atoms with van der Waals surface area (Å²) < 4.78 is 10.7. The van der Waals surface area contributed by atoms with E-state index in [4.69, 9.17) is 9.15 Å². The third-order valence-corrected chi connectivity index (χ3v) is 3.10. The molecule has 2 rings (SSSR count). The van der Waals surface area contributed by atoms with Crippen LogP contribution in [-0.2, 0) is 17.8 Å². The van der Waals surface area contributed by atoms with Gasteiger partial charge in [-0.1, -0.05) is 12.1 Å². The Morgan fingerprint density at radius 2 is 2.04 bits per heavy atom. The van der Waals surface area contributed by atoms with Crippen molar-refractivity contribution in [2.24, 2.45) is 0 Å². The first kappa shape index (κ1) is 16.9. The number of hydrogen-bond acceptors (Lipinski definition) is 4. The first-order valence-electron chi connectivity index (χ1n) is 7.63. The minimum Gasteiger partial charge on any atom is -0.467 e. The summed E-state index contributed by atoms with van der Waals surface area (Å²) in [4.78, 5) is 13.6. The zero-order valence-electron chi connectivity index (χ0n) is 14.1. The molecule has 1 aromatic carbocycles. The smallest absolute Gasteiger partial charge is 0.410 e. The molecule has 23 heavy (non-hydrogen) atoms. The molecule has 0 radical (unpaired) electrons. The predicted molar refractivity (Wildman–Crippen MR) is 90.2 cm³/mol. The molecule has 5 nitrogen and oxygen atoms in total. The van der Waals surface area contributed by atoms with Gasteiger partial charge in [0, 0.05) is 19.3 Å². The van der Waals surface area contributed by atoms with Crippen LogP contribution >= 0.6 is 0 Å². The third kappa shape index (κ3) is 5.70. The number of rotatable bonds is 5. The molecule has 0 saturated heterocycles. The average Bonchev–Trinajstić information content (AvgIpc) is 2.97. The van der Waals surface area contributed by atoms with Crippen LogP contribution in [0.1, 0.15) is 32.1 Å². The molecule has 0 fully saturated rings. The highest BCUT2D eigenvalue weighted by Gasteiger charge is 2.19. The minimum atomic E-state index is -0.488. The monoisotopic (exact) mass is 316 g/mol. The normalized spacial score (nSPS) is 11.1. The molecule has 1 amide bonds. The zero-order chi connectivity index (χ0) is 16.9. The van der Waals surface area contributed by atoms with Crippen LogP contribution in [-0.4, -0.2) is 23.6 Å². The molecule has 0 aliphatic rings. The van der Waals surface area contributed by atoms with E-state index >= 15 is 0 Å². The quantitative estimate of drug-likeness (QED) is 0.895. The number of nitrogens with one attached hydrogen (secondary N) is 1. The number of ether oxygens (including phenoxy) is 1. The molecule has 1 N–H and O–H groups in total. The minimum absolute atomic E-state index is 0.327. The maximum Gasteiger partial charge on any atom is 0.410 e. The molecule has 0 aliphatic heterocycles. The second-order valence-corrected chi connectivity index (χ2v) is 6.47. The number of hydrogen-bond donors (Lipinski definition) is 1. The number of nitrogens with zero attached hydrogens (tertiary/aromatic N) is 1. The molecule has 5 heteroatoms. The van der Waals surface area contributed by atoms with Crippen LogP contribution in [0, 0.1) is 0 Å². The highest BCUT2D eigenvalue weighted by atomic mass is 16.6. The number of benzene rings is 1. The number of amides is 1. The van der Waals surface area contributed by atoms with Crippen molar-refractivity contribution in [2.75, 3.05) is 12.4 Å². The maximum atomic E-state index is 12.0. The Morgan fingerprint density at radius 1 is 1.26 bits per heavy atom. The number of carbonyl (C=O) groups is 1. The lowest BCUT2D eigenvalue weighted by atomic mass is 10.2. The summed E-state index contributed by atoms with van der Waals surface area (Å²) in [6, 6.07) is 11.7. The van der Waals surface area contributed by atoms with Crippen LogP contribution < -0.4 is 5.32 Å². The van der Waals surface area contributed by atoms with Gasteiger partial charge < -0.3 is 19.4 Å². The van der Waals surface area contributed by atoms with Crippen molar-refractivity contribution in [1.29, 1.82) is 0 Å². The van der Waals surface area contributed by atoms with Crippen LogP contribution in [0.5, 0.6) is 0 Å². The van der Waals surface area contributed by atoms with E-state index in [0.29, 0.717) is 13.1 Å². The van der Waals surface area contributed by atoms with Gasteiger partial charge in [-0.15, -0.1) is 0 Å². The molecule has 0 unspecified atom stereocenters. The highest BCUT2D eigenvalue weighted by molar-refractivity contribution is 5.67. The molecule has 0 spiro atoms. The molecular weight excluding hydrogens is 292 g/mol. The van der Waals surface area contributed by atoms with Crippen LogP contribution in [0.2, 0.25) is 0 Å². The SMILES string of the molecule is CN(Cc1cccc(NCc2ccco2)c1)C(=O)OC(C)(C)C. The summed E-state index contributed by atoms with van der Waals surface area (Å²) in [5.74, 6) is 0.876. The predicted octanol–water partition coefficient (Wildman–Crippen LogP) is 4.26. The molecule has 0 aliphatic carbocycles. The molecule has 0 bridgehead atoms. The first-order valence-corrected chi connectivity index (χ1v) is 7.63. The molecule has 1 aromatic heterocycles. The molecule has 2 aromatic rings. The van der Waals surface area contributed by atoms with E-state index < -0.39 is 5.60 Å². The molecule has 0 atom stereocenters. The van der Waals surface area contributed by atoms with E-state index in [1.807, 2.05) is 57.2 Å². The van der Waals surface area contributed by atoms with Crippen LogP contribution in [0.3, 0.4) is 0 Å². The summed E-state index contributed by atoms with van der Waals surface area (Å²) in [5.41, 5.74) is 1.52. The summed E-state index contributed by atoms with van der Waals surface area (Å²) >= 11 is 0. The Labute approximate surface area is 137 Å². The molecule has 0 saturated carbocycles. The van der Waals surface area contributed by atoms with Gasteiger partial charge in [-0.2, -0.15) is 0 Å². The summed E-state index contributed by atoms with van der Waals surface area (Å²) in [6.45, 7) is 6.69. The summed E-state index contributed by atoms with van der Waals surface area (Å²) in [6.07, 6.45) is 1.33. The van der Waals surface area contributed by atoms with E-state index in [0.717, 1.165) is 17.0 Å². The fraction of sp³-hybridized carbons (Fsp3) is 0.389. The summed E-state index contributed by atoms with van der Waals surface area (Å²) in [5, 5.41) is 3.30. The Balaban J connectivity index is 1.92. The van der Waals surface area contributed by atoms with E-state index in [1.165, 1.54) is 0 Å². The van der Waals surface area contributed by atoms with Crippen molar-refractivity contribution in [3.63, 3.8) is 0 Å². The topological polar surface area (TPSA) is 54.7 Å². The third-order valence-electron chi connectivity index (χ3n) is 3.10. The van der Waals surface area contributed by atoms with Crippen molar-refractivity contribution < 1.29 is 13.9 Å². The number of anilines is 1. The number of furan rings is 1. The van der Waals surface area contributed by atoms with Gasteiger partial charge in [0.25, 0.3) is 0 Å². The largest absolute Gasteiger partial charge is 0.467 e. The van der Waals surface area contributed by atoms with Crippen molar-refractivity contribution in [1.82, 2.24) is 4.90 Å². The van der Waals surface area contributed by atoms with Gasteiger partial charge in [-0.05, 0) is 50.6 Å². The van der Waals surface area contributed by atoms with Gasteiger partial charge >= 0.3 is 6.09 Å². The van der Waals surface area contributed by atoms with Crippen LogP contribution in [0.15, 0.2) is 47.1 Å². The molecule has 1 heterocycles. The van der Waals surface area contributed by atoms with Gasteiger partial charge in [-0.25, -0.2) is 4.79 Å². The van der Waals surface area contributed by atoms with E-state index in [9.17, 15) is 4.79 Å². The van der Waals surface area contributed by atoms with Gasteiger partial charge in [0.1, 0.15) is 11.4 Å². The van der Waals surface area contributed by atoms with Crippen molar-refractivity contribution in [3.05, 3.63) is 54.0 Å². The fourth-order valence-corrected chi connectivity index (χ4v) is 2.06. The van der Waals surface area contributed by atoms with Crippen LogP contribution in [0.4, 0.5) is 10.5 Å². The van der Waals surface area contributed by atoms with Crippen molar-refractivity contribution in [2.45, 2.75) is 39.5 Å². The lowest BCUT2D eigenvalue weighted by molar-refractivity contribution is 0.0285. The Kier molecular flexibility index (Phi) is 5.32. The lowest BCUT2D eigenvalue weighted by Crippen LogP contribution is -2.33. The fourth-order valence-electron chi connectivity index (χ4n) is 2.06. The van der Waals surface area contributed by atoms with Gasteiger partial charge in [0.05, 0.1) is 12.8 Å². The second-order valence-electron chi connectivity index (χ2n) is 6.47. The second kappa shape index (κ2) is 7.22. The summed E-state index contributed by atoms with van der Waals surface area (Å²) in [7, 11) is 1.73. The van der Waals surface area contributed by atoms with E-state index in [-0.39, 0.29) is 6.09 Å². The molecular formula is C18H24N2O3. The van der Waals surface area contributed by atoms with Gasteiger partial charge in [-0.3, -0.25) is 0 Å². The maximum absolute atomic E-state index is 12.0. The Morgan fingerprint density at radius 3 is 2.70 bits per heavy atom. The standard InChI is InChI=1S/C18H24N2O3/c1-18(2,3)23-17(21)20(4)13-14-7-5-8-15(11-14)19-12-16-9-6-10-22-16/h5-11,19H,12-13H2,1-4H3. The van der Waals surface area contributed by atoms with Gasteiger partial charge in [0.2, 0.25) is 0 Å². The lowest BCUT2D eigenvalue weighted by Gasteiger charge is -2.24. The first-order chi connectivity index (χ1) is 10.8. The highest BCUT2D eigenvalue weighted by Crippen LogP contribution is 2.15. The number of carbonyl (C=O) groups excluding carboxylic acids is 1. The average molecular weight is 316 g/mol. The Hall–Kier alpha value is -2.43. The Bertz CT molecular complexity index is 630. The van der Waals surface area contributed by atoms with Crippen molar-refractivity contribution in [3.8, 4) is 0 Å². The molecule has 124 valence electrons. The van der Waals surface area contributed by atoms with Crippen LogP contribution in [0.25, 0.3) is 0 Å². The van der Waals surface area contributed by atoms with Crippen molar-refractivity contribution >= 4 is 11.8 Å². The van der Waals surface area contributed by atoms with E-state index in [1.54, 1.807) is 18.2 Å². The van der Waals surface area contributed by atoms with Gasteiger partial charge in [0.15, 0.2) is 0 Å². The zero-order valence-corrected chi connectivity index (χ0v) is 14.1.